The summed E-state index contributed by atoms with van der Waals surface area (Å²) >= 11 is 3.65. The highest BCUT2D eigenvalue weighted by Gasteiger charge is 2.29. The van der Waals surface area contributed by atoms with E-state index in [9.17, 15) is 0 Å². The van der Waals surface area contributed by atoms with Crippen LogP contribution in [0.15, 0.2) is 10.5 Å². The molecule has 0 saturated carbocycles. The first-order valence-corrected chi connectivity index (χ1v) is 6.88. The molecule has 0 saturated heterocycles. The van der Waals surface area contributed by atoms with Gasteiger partial charge in [0, 0.05) is 16.1 Å². The molecule has 2 aliphatic rings. The third-order valence-corrected chi connectivity index (χ3v) is 4.25. The Balaban J connectivity index is 2.19. The molecule has 1 aromatic rings. The highest BCUT2D eigenvalue weighted by molar-refractivity contribution is 9.10. The molecule has 92 valence electrons. The standard InChI is InChI=1S/C13H16BrNO2/c1-15-10-4-2-3-8-9(14)7-11-13(12(8)10)17-6-5-16-11/h7,10,15H,2-6H2,1H3. The van der Waals surface area contributed by atoms with Crippen LogP contribution in [-0.2, 0) is 6.42 Å². The van der Waals surface area contributed by atoms with E-state index in [1.54, 1.807) is 0 Å². The molecule has 0 aromatic heterocycles. The van der Waals surface area contributed by atoms with Crippen LogP contribution in [0.4, 0.5) is 0 Å². The first kappa shape index (κ1) is 11.4. The van der Waals surface area contributed by atoms with Gasteiger partial charge in [0.15, 0.2) is 11.5 Å². The summed E-state index contributed by atoms with van der Waals surface area (Å²) in [6.07, 6.45) is 3.50. The Morgan fingerprint density at radius 2 is 2.18 bits per heavy atom. The van der Waals surface area contributed by atoms with E-state index in [0.717, 1.165) is 28.8 Å². The zero-order valence-electron chi connectivity index (χ0n) is 9.88. The molecule has 3 rings (SSSR count). The minimum atomic E-state index is 0.381. The first-order chi connectivity index (χ1) is 8.31. The minimum Gasteiger partial charge on any atom is -0.486 e. The number of fused-ring (bicyclic) bond motifs is 3. The van der Waals surface area contributed by atoms with Crippen LogP contribution < -0.4 is 14.8 Å². The van der Waals surface area contributed by atoms with Crippen LogP contribution in [0, 0.1) is 0 Å². The maximum Gasteiger partial charge on any atom is 0.166 e. The molecule has 0 spiro atoms. The van der Waals surface area contributed by atoms with Gasteiger partial charge < -0.3 is 14.8 Å². The van der Waals surface area contributed by atoms with E-state index >= 15 is 0 Å². The molecule has 0 amide bonds. The van der Waals surface area contributed by atoms with Gasteiger partial charge in [0.25, 0.3) is 0 Å². The summed E-state index contributed by atoms with van der Waals surface area (Å²) in [5, 5.41) is 3.38. The molecule has 0 radical (unpaired) electrons. The second-order valence-electron chi connectivity index (χ2n) is 4.51. The van der Waals surface area contributed by atoms with E-state index < -0.39 is 0 Å². The lowest BCUT2D eigenvalue weighted by molar-refractivity contribution is 0.167. The summed E-state index contributed by atoms with van der Waals surface area (Å²) in [7, 11) is 2.01. The van der Waals surface area contributed by atoms with Crippen LogP contribution in [0.1, 0.15) is 30.0 Å². The molecule has 3 nitrogen and oxygen atoms in total. The number of hydrogen-bond donors (Lipinski definition) is 1. The van der Waals surface area contributed by atoms with Crippen molar-refractivity contribution in [2.75, 3.05) is 20.3 Å². The fourth-order valence-corrected chi connectivity index (χ4v) is 3.38. The minimum absolute atomic E-state index is 0.381. The largest absolute Gasteiger partial charge is 0.486 e. The number of ether oxygens (including phenoxy) is 2. The lowest BCUT2D eigenvalue weighted by Gasteiger charge is -2.31. The van der Waals surface area contributed by atoms with Gasteiger partial charge in [-0.2, -0.15) is 0 Å². The lowest BCUT2D eigenvalue weighted by Crippen LogP contribution is -2.25. The molecule has 1 heterocycles. The van der Waals surface area contributed by atoms with Gasteiger partial charge in [-0.25, -0.2) is 0 Å². The van der Waals surface area contributed by atoms with Crippen molar-refractivity contribution in [1.82, 2.24) is 5.32 Å². The van der Waals surface area contributed by atoms with Crippen LogP contribution in [0.5, 0.6) is 11.5 Å². The maximum atomic E-state index is 5.82. The van der Waals surface area contributed by atoms with Crippen LogP contribution >= 0.6 is 15.9 Å². The fraction of sp³-hybridized carbons (Fsp3) is 0.538. The Morgan fingerprint density at radius 3 is 3.00 bits per heavy atom. The van der Waals surface area contributed by atoms with Crippen LogP contribution in [0.25, 0.3) is 0 Å². The Morgan fingerprint density at radius 1 is 1.35 bits per heavy atom. The lowest BCUT2D eigenvalue weighted by atomic mass is 9.86. The number of nitrogens with one attached hydrogen (secondary N) is 1. The van der Waals surface area contributed by atoms with Crippen LogP contribution in [0.2, 0.25) is 0 Å². The Hall–Kier alpha value is -0.740. The second kappa shape index (κ2) is 4.50. The van der Waals surface area contributed by atoms with Crippen molar-refractivity contribution in [3.8, 4) is 11.5 Å². The molecule has 0 bridgehead atoms. The Bertz CT molecular complexity index is 448. The molecular weight excluding hydrogens is 282 g/mol. The number of rotatable bonds is 1. The third kappa shape index (κ3) is 1.83. The molecular formula is C13H16BrNO2. The summed E-state index contributed by atoms with van der Waals surface area (Å²) in [6.45, 7) is 1.29. The first-order valence-electron chi connectivity index (χ1n) is 6.09. The molecule has 1 aromatic carbocycles. The predicted molar refractivity (Wildman–Crippen MR) is 69.9 cm³/mol. The molecule has 1 unspecified atom stereocenters. The summed E-state index contributed by atoms with van der Waals surface area (Å²) in [6, 6.07) is 2.43. The monoisotopic (exact) mass is 297 g/mol. The van der Waals surface area contributed by atoms with Gasteiger partial charge in [0.1, 0.15) is 13.2 Å². The van der Waals surface area contributed by atoms with Crippen LogP contribution in [-0.4, -0.2) is 20.3 Å². The second-order valence-corrected chi connectivity index (χ2v) is 5.36. The zero-order valence-corrected chi connectivity index (χ0v) is 11.5. The summed E-state index contributed by atoms with van der Waals surface area (Å²) in [5.74, 6) is 1.83. The van der Waals surface area contributed by atoms with Crippen molar-refractivity contribution in [2.24, 2.45) is 0 Å². The van der Waals surface area contributed by atoms with Crippen molar-refractivity contribution in [2.45, 2.75) is 25.3 Å². The smallest absolute Gasteiger partial charge is 0.166 e. The van der Waals surface area contributed by atoms with E-state index in [4.69, 9.17) is 9.47 Å². The molecule has 1 aliphatic heterocycles. The van der Waals surface area contributed by atoms with Gasteiger partial charge in [-0.1, -0.05) is 15.9 Å². The molecule has 1 aliphatic carbocycles. The molecule has 0 fully saturated rings. The highest BCUT2D eigenvalue weighted by Crippen LogP contribution is 2.46. The van der Waals surface area contributed by atoms with Gasteiger partial charge in [0.05, 0.1) is 0 Å². The van der Waals surface area contributed by atoms with E-state index in [-0.39, 0.29) is 0 Å². The molecule has 17 heavy (non-hydrogen) atoms. The van der Waals surface area contributed by atoms with Gasteiger partial charge >= 0.3 is 0 Å². The molecule has 4 heteroatoms. The van der Waals surface area contributed by atoms with E-state index in [1.165, 1.54) is 17.5 Å². The maximum absolute atomic E-state index is 5.82. The summed E-state index contributed by atoms with van der Waals surface area (Å²) in [5.41, 5.74) is 2.67. The Labute approximate surface area is 110 Å². The van der Waals surface area contributed by atoms with Crippen molar-refractivity contribution in [3.63, 3.8) is 0 Å². The number of hydrogen-bond acceptors (Lipinski definition) is 3. The SMILES string of the molecule is CNC1CCCc2c(Br)cc3c(c21)OCCO3. The molecule has 1 atom stereocenters. The van der Waals surface area contributed by atoms with Gasteiger partial charge in [-0.05, 0) is 37.9 Å². The van der Waals surface area contributed by atoms with Gasteiger partial charge in [0.2, 0.25) is 0 Å². The van der Waals surface area contributed by atoms with Crippen molar-refractivity contribution >= 4 is 15.9 Å². The van der Waals surface area contributed by atoms with Gasteiger partial charge in [-0.3, -0.25) is 0 Å². The quantitative estimate of drug-likeness (QED) is 0.865. The van der Waals surface area contributed by atoms with E-state index in [1.807, 2.05) is 13.1 Å². The molecule has 1 N–H and O–H groups in total. The average Bonchev–Trinajstić information content (AvgIpc) is 2.38. The number of benzene rings is 1. The van der Waals surface area contributed by atoms with Crippen molar-refractivity contribution in [3.05, 3.63) is 21.7 Å². The topological polar surface area (TPSA) is 30.5 Å². The average molecular weight is 298 g/mol. The van der Waals surface area contributed by atoms with Gasteiger partial charge in [-0.15, -0.1) is 0 Å². The predicted octanol–water partition coefficient (Wildman–Crippen LogP) is 2.82. The number of halogens is 1. The van der Waals surface area contributed by atoms with E-state index in [0.29, 0.717) is 19.3 Å². The normalized spacial score (nSPS) is 22.1. The summed E-state index contributed by atoms with van der Waals surface area (Å²) < 4.78 is 12.7. The van der Waals surface area contributed by atoms with Crippen LogP contribution in [0.3, 0.4) is 0 Å². The fourth-order valence-electron chi connectivity index (χ4n) is 2.76. The third-order valence-electron chi connectivity index (χ3n) is 3.54. The van der Waals surface area contributed by atoms with Crippen molar-refractivity contribution < 1.29 is 9.47 Å². The zero-order chi connectivity index (χ0) is 11.8. The highest BCUT2D eigenvalue weighted by atomic mass is 79.9. The van der Waals surface area contributed by atoms with Crippen molar-refractivity contribution in [1.29, 1.82) is 0 Å². The van der Waals surface area contributed by atoms with E-state index in [2.05, 4.69) is 21.2 Å². The Kier molecular flexibility index (Phi) is 3.01. The summed E-state index contributed by atoms with van der Waals surface area (Å²) in [4.78, 5) is 0.